The number of ether oxygens (including phenoxy) is 3. The number of benzene rings is 3. The van der Waals surface area contributed by atoms with E-state index >= 15 is 0 Å². The molecule has 4 fully saturated rings. The summed E-state index contributed by atoms with van der Waals surface area (Å²) >= 11 is 0. The molecule has 3 heterocycles. The Labute approximate surface area is 266 Å². The number of hydroxylamine groups is 2. The van der Waals surface area contributed by atoms with Gasteiger partial charge in [0.15, 0.2) is 11.8 Å². The van der Waals surface area contributed by atoms with Crippen LogP contribution in [0.3, 0.4) is 0 Å². The molecule has 3 aromatic carbocycles. The molecule has 0 aromatic heterocycles. The van der Waals surface area contributed by atoms with Crippen molar-refractivity contribution in [2.75, 3.05) is 13.2 Å². The second-order valence-electron chi connectivity index (χ2n) is 12.9. The van der Waals surface area contributed by atoms with Gasteiger partial charge in [-0.3, -0.25) is 14.4 Å². The number of hydrogen-bond donors (Lipinski definition) is 3. The number of esters is 1. The number of para-hydroxylation sites is 1. The molecule has 2 aliphatic carbocycles. The van der Waals surface area contributed by atoms with Gasteiger partial charge in [0.05, 0.1) is 13.2 Å². The molecular weight excluding hydrogens is 588 g/mol. The van der Waals surface area contributed by atoms with E-state index in [1.165, 1.54) is 0 Å². The van der Waals surface area contributed by atoms with Crippen molar-refractivity contribution >= 4 is 18.0 Å². The van der Waals surface area contributed by atoms with Gasteiger partial charge < -0.3 is 29.7 Å². The fraction of sp³-hybridized carbons (Fsp3) is 0.389. The maximum atomic E-state index is 14.0. The van der Waals surface area contributed by atoms with E-state index in [0.717, 1.165) is 27.8 Å². The van der Waals surface area contributed by atoms with E-state index < -0.39 is 47.6 Å². The predicted octanol–water partition coefficient (Wildman–Crippen LogP) is 2.84. The molecule has 8 rings (SSSR count). The lowest BCUT2D eigenvalue weighted by Crippen LogP contribution is -2.69. The van der Waals surface area contributed by atoms with E-state index in [2.05, 4.69) is 17.4 Å². The number of phenols is 1. The van der Waals surface area contributed by atoms with Gasteiger partial charge in [-0.2, -0.15) is 5.06 Å². The zero-order valence-electron chi connectivity index (χ0n) is 25.2. The van der Waals surface area contributed by atoms with Crippen LogP contribution in [0.2, 0.25) is 0 Å². The third-order valence-electron chi connectivity index (χ3n) is 10.0. The summed E-state index contributed by atoms with van der Waals surface area (Å²) in [6, 6.07) is 22.2. The molecule has 6 atom stereocenters. The number of aromatic hydroxyl groups is 1. The zero-order valence-corrected chi connectivity index (χ0v) is 25.2. The average molecular weight is 625 g/mol. The number of nitrogens with zero attached hydrogens (tertiary/aromatic N) is 1. The molecule has 3 saturated heterocycles. The van der Waals surface area contributed by atoms with Gasteiger partial charge in [-0.05, 0) is 40.3 Å². The Hall–Kier alpha value is -4.06. The van der Waals surface area contributed by atoms with Crippen molar-refractivity contribution in [2.24, 2.45) is 5.41 Å². The summed E-state index contributed by atoms with van der Waals surface area (Å²) in [7, 11) is 0. The topological polar surface area (TPSA) is 127 Å². The predicted molar refractivity (Wildman–Crippen MR) is 165 cm³/mol. The third kappa shape index (κ3) is 4.75. The van der Waals surface area contributed by atoms with E-state index in [0.29, 0.717) is 19.3 Å². The first-order chi connectivity index (χ1) is 22.4. The van der Waals surface area contributed by atoms with Crippen molar-refractivity contribution in [3.8, 4) is 5.75 Å². The van der Waals surface area contributed by atoms with Gasteiger partial charge in [-0.25, -0.2) is 0 Å². The molecule has 0 radical (unpaired) electrons. The molecule has 10 nitrogen and oxygen atoms in total. The summed E-state index contributed by atoms with van der Waals surface area (Å²) in [5.74, 6) is -1.56. The van der Waals surface area contributed by atoms with E-state index in [-0.39, 0.29) is 37.8 Å². The van der Waals surface area contributed by atoms with Crippen LogP contribution < -0.4 is 5.32 Å². The van der Waals surface area contributed by atoms with E-state index in [9.17, 15) is 19.8 Å². The molecule has 3 N–H and O–H groups in total. The lowest BCUT2D eigenvalue weighted by atomic mass is 9.62. The van der Waals surface area contributed by atoms with E-state index in [4.69, 9.17) is 19.0 Å². The lowest BCUT2D eigenvalue weighted by Gasteiger charge is -2.48. The highest BCUT2D eigenvalue weighted by Crippen LogP contribution is 2.58. The third-order valence-corrected chi connectivity index (χ3v) is 10.0. The highest BCUT2D eigenvalue weighted by Gasteiger charge is 2.76. The van der Waals surface area contributed by atoms with Crippen molar-refractivity contribution < 1.29 is 38.9 Å². The molecule has 1 saturated carbocycles. The smallest absolute Gasteiger partial charge is 0.327 e. The Morgan fingerprint density at radius 3 is 2.54 bits per heavy atom. The summed E-state index contributed by atoms with van der Waals surface area (Å²) < 4.78 is 19.4. The number of carbonyl (C=O) groups excluding carboxylic acids is 2. The molecule has 3 aromatic rings. The summed E-state index contributed by atoms with van der Waals surface area (Å²) in [5, 5.41) is 24.0. The van der Waals surface area contributed by atoms with Gasteiger partial charge in [-0.15, -0.1) is 0 Å². The van der Waals surface area contributed by atoms with Crippen LogP contribution in [0, 0.1) is 5.41 Å². The van der Waals surface area contributed by atoms with E-state index in [1.807, 2.05) is 60.7 Å². The molecule has 238 valence electrons. The largest absolute Gasteiger partial charge is 0.508 e. The number of aliphatic hydroxyl groups excluding tert-OH is 1. The summed E-state index contributed by atoms with van der Waals surface area (Å²) in [5.41, 5.74) is 3.68. The standard InChI is InChI=1S/C36H36N2O8/c39-16-15-37-34(42)36-20-28-29-30(45-35(44-29)18-25-11-1-2-12-26(25)19-35)32(36)46-38(31(36)33(41)43-28)21-23-9-5-7-22(17-23)8-6-13-24-10-3-4-14-27(24)40/h1-12,14,17,28-32,39-40H,13,15-16,18-21H2,(H,37,42). The van der Waals surface area contributed by atoms with Gasteiger partial charge in [0.2, 0.25) is 5.91 Å². The van der Waals surface area contributed by atoms with Crippen molar-refractivity contribution in [1.82, 2.24) is 10.4 Å². The van der Waals surface area contributed by atoms with E-state index in [1.54, 1.807) is 17.2 Å². The van der Waals surface area contributed by atoms with Gasteiger partial charge in [-0.1, -0.05) is 78.9 Å². The molecule has 1 spiro atoms. The number of phenolic OH excluding ortho intramolecular Hbond substituents is 1. The summed E-state index contributed by atoms with van der Waals surface area (Å²) in [6.07, 6.45) is 3.20. The fourth-order valence-electron chi connectivity index (χ4n) is 8.07. The number of nitrogens with one attached hydrogen (secondary N) is 1. The highest BCUT2D eigenvalue weighted by atomic mass is 16.8. The van der Waals surface area contributed by atoms with Crippen LogP contribution in [0.25, 0.3) is 6.08 Å². The number of amides is 1. The monoisotopic (exact) mass is 624 g/mol. The van der Waals surface area contributed by atoms with Gasteiger partial charge in [0.1, 0.15) is 35.6 Å². The second kappa shape index (κ2) is 11.3. The Bertz CT molecular complexity index is 1680. The molecule has 10 heteroatoms. The number of carbonyl (C=O) groups is 2. The number of aliphatic hydroxyl groups is 1. The highest BCUT2D eigenvalue weighted by molar-refractivity contribution is 5.93. The first-order valence-electron chi connectivity index (χ1n) is 15.9. The summed E-state index contributed by atoms with van der Waals surface area (Å²) in [6.45, 7) is 0.0539. The van der Waals surface area contributed by atoms with Crippen LogP contribution in [-0.4, -0.2) is 76.5 Å². The Morgan fingerprint density at radius 1 is 1.00 bits per heavy atom. The van der Waals surface area contributed by atoms with Gasteiger partial charge in [0.25, 0.3) is 0 Å². The van der Waals surface area contributed by atoms with Crippen LogP contribution in [0.5, 0.6) is 5.75 Å². The molecule has 46 heavy (non-hydrogen) atoms. The second-order valence-corrected chi connectivity index (χ2v) is 12.9. The molecule has 1 amide bonds. The van der Waals surface area contributed by atoms with Crippen LogP contribution in [0.15, 0.2) is 78.9 Å². The number of fused-ring (bicyclic) bond motifs is 5. The van der Waals surface area contributed by atoms with Gasteiger partial charge >= 0.3 is 5.97 Å². The average Bonchev–Trinajstić information content (AvgIpc) is 3.72. The van der Waals surface area contributed by atoms with Crippen LogP contribution in [0.1, 0.15) is 34.2 Å². The minimum atomic E-state index is -1.29. The van der Waals surface area contributed by atoms with Crippen molar-refractivity contribution in [3.05, 3.63) is 107 Å². The Morgan fingerprint density at radius 2 is 1.76 bits per heavy atom. The van der Waals surface area contributed by atoms with Crippen molar-refractivity contribution in [1.29, 1.82) is 0 Å². The fourth-order valence-corrected chi connectivity index (χ4v) is 8.07. The van der Waals surface area contributed by atoms with Crippen molar-refractivity contribution in [3.63, 3.8) is 0 Å². The van der Waals surface area contributed by atoms with Crippen LogP contribution in [0.4, 0.5) is 0 Å². The molecule has 2 bridgehead atoms. The first-order valence-corrected chi connectivity index (χ1v) is 15.9. The number of rotatable bonds is 8. The van der Waals surface area contributed by atoms with Crippen molar-refractivity contribution in [2.45, 2.75) is 68.5 Å². The minimum Gasteiger partial charge on any atom is -0.508 e. The summed E-state index contributed by atoms with van der Waals surface area (Å²) in [4.78, 5) is 34.4. The zero-order chi connectivity index (χ0) is 31.5. The number of allylic oxidation sites excluding steroid dienone is 1. The first kappa shape index (κ1) is 29.3. The Kier molecular flexibility index (Phi) is 7.23. The molecule has 5 aliphatic rings. The Balaban J connectivity index is 1.08. The molecule has 6 unspecified atom stereocenters. The molecular formula is C36H36N2O8. The quantitative estimate of drug-likeness (QED) is 0.325. The SMILES string of the molecule is O=C1OC2CC3(C(=O)NCCO)C(ON(Cc4cccc(C=CCc5ccccc5O)c4)C13)C1OC3(Cc4ccccc4C3)OC21. The maximum absolute atomic E-state index is 14.0. The molecule has 3 aliphatic heterocycles. The lowest BCUT2D eigenvalue weighted by molar-refractivity contribution is -0.217. The van der Waals surface area contributed by atoms with Crippen LogP contribution in [-0.2, 0) is 54.4 Å². The normalized spacial score (nSPS) is 30.4. The minimum absolute atomic E-state index is 0.0551. The number of hydrogen-bond acceptors (Lipinski definition) is 9. The van der Waals surface area contributed by atoms with Crippen LogP contribution >= 0.6 is 0 Å². The van der Waals surface area contributed by atoms with Gasteiger partial charge in [0, 0.05) is 25.8 Å². The maximum Gasteiger partial charge on any atom is 0.327 e.